The number of halogens is 3. The molecule has 1 aliphatic heterocycles. The number of para-hydroxylation sites is 1. The first-order chi connectivity index (χ1) is 16.8. The van der Waals surface area contributed by atoms with Crippen LogP contribution in [-0.4, -0.2) is 23.2 Å². The summed E-state index contributed by atoms with van der Waals surface area (Å²) in [6.07, 6.45) is 5.42. The highest BCUT2D eigenvalue weighted by atomic mass is 35.5. The molecule has 0 saturated carbocycles. The van der Waals surface area contributed by atoms with Crippen molar-refractivity contribution in [3.05, 3.63) is 69.7 Å². The van der Waals surface area contributed by atoms with Gasteiger partial charge >= 0.3 is 0 Å². The van der Waals surface area contributed by atoms with Crippen molar-refractivity contribution in [2.24, 2.45) is 5.41 Å². The lowest BCUT2D eigenvalue weighted by Gasteiger charge is -2.46. The zero-order chi connectivity index (χ0) is 24.3. The van der Waals surface area contributed by atoms with E-state index in [4.69, 9.17) is 27.7 Å². The summed E-state index contributed by atoms with van der Waals surface area (Å²) in [5, 5.41) is 6.45. The predicted molar refractivity (Wildman–Crippen MR) is 142 cm³/mol. The second kappa shape index (κ2) is 8.61. The van der Waals surface area contributed by atoms with Gasteiger partial charge in [0.1, 0.15) is 22.8 Å². The Balaban J connectivity index is 1.27. The summed E-state index contributed by atoms with van der Waals surface area (Å²) in [4.78, 5) is 6.87. The van der Waals surface area contributed by atoms with Crippen molar-refractivity contribution >= 4 is 55.5 Å². The number of allylic oxidation sites excluding steroid dienone is 2. The summed E-state index contributed by atoms with van der Waals surface area (Å²) >= 11 is 14.6. The van der Waals surface area contributed by atoms with E-state index in [1.807, 2.05) is 24.3 Å². The molecule has 4 aromatic rings. The molecule has 0 amide bonds. The van der Waals surface area contributed by atoms with Crippen LogP contribution in [0.1, 0.15) is 50.4 Å². The minimum atomic E-state index is -0.255. The molecule has 0 bridgehead atoms. The summed E-state index contributed by atoms with van der Waals surface area (Å²) in [7, 11) is 0. The molecule has 8 heteroatoms. The molecule has 4 nitrogen and oxygen atoms in total. The lowest BCUT2D eigenvalue weighted by molar-refractivity contribution is 0.277. The largest absolute Gasteiger partial charge is 0.360 e. The minimum absolute atomic E-state index is 0.154. The number of anilines is 1. The summed E-state index contributed by atoms with van der Waals surface area (Å²) in [5.41, 5.74) is 4.35. The van der Waals surface area contributed by atoms with E-state index in [-0.39, 0.29) is 17.2 Å². The zero-order valence-electron chi connectivity index (χ0n) is 19.4. The molecule has 0 unspecified atom stereocenters. The number of aromatic nitrogens is 2. The van der Waals surface area contributed by atoms with E-state index < -0.39 is 0 Å². The molecule has 1 fully saturated rings. The van der Waals surface area contributed by atoms with Gasteiger partial charge in [-0.15, -0.1) is 0 Å². The molecule has 0 N–H and O–H groups in total. The molecule has 1 aliphatic carbocycles. The normalized spacial score (nSPS) is 17.3. The van der Waals surface area contributed by atoms with Crippen LogP contribution < -0.4 is 4.90 Å². The van der Waals surface area contributed by atoms with E-state index in [1.165, 1.54) is 11.6 Å². The van der Waals surface area contributed by atoms with Gasteiger partial charge in [-0.25, -0.2) is 9.37 Å². The van der Waals surface area contributed by atoms with E-state index >= 15 is 0 Å². The molecule has 1 saturated heterocycles. The fourth-order valence-corrected chi connectivity index (χ4v) is 6.89. The maximum atomic E-state index is 14.1. The molecule has 1 spiro atoms. The second-order valence-corrected chi connectivity index (χ2v) is 11.6. The maximum absolute atomic E-state index is 14.1. The third kappa shape index (κ3) is 3.87. The van der Waals surface area contributed by atoms with Gasteiger partial charge in [0.05, 0.1) is 14.7 Å². The summed E-state index contributed by atoms with van der Waals surface area (Å²) in [5.74, 6) is 0.798. The number of hydrogen-bond donors (Lipinski definition) is 0. The average Bonchev–Trinajstić information content (AvgIpc) is 3.43. The second-order valence-electron chi connectivity index (χ2n) is 9.80. The summed E-state index contributed by atoms with van der Waals surface area (Å²) in [6.45, 7) is 6.01. The number of rotatable bonds is 4. The van der Waals surface area contributed by atoms with Crippen LogP contribution in [0.4, 0.5) is 9.52 Å². The molecule has 35 heavy (non-hydrogen) atoms. The van der Waals surface area contributed by atoms with E-state index in [0.717, 1.165) is 64.8 Å². The average molecular weight is 528 g/mol. The third-order valence-electron chi connectivity index (χ3n) is 7.17. The van der Waals surface area contributed by atoms with Crippen molar-refractivity contribution in [2.75, 3.05) is 18.0 Å². The van der Waals surface area contributed by atoms with Gasteiger partial charge in [0.2, 0.25) is 0 Å². The Labute approximate surface area is 217 Å². The van der Waals surface area contributed by atoms with Gasteiger partial charge in [0.15, 0.2) is 5.13 Å². The van der Waals surface area contributed by atoms with Crippen molar-refractivity contribution in [3.8, 4) is 11.3 Å². The van der Waals surface area contributed by atoms with E-state index in [9.17, 15) is 4.39 Å². The Morgan fingerprint density at radius 1 is 1.06 bits per heavy atom. The van der Waals surface area contributed by atoms with E-state index in [2.05, 4.69) is 35.0 Å². The van der Waals surface area contributed by atoms with Crippen LogP contribution >= 0.6 is 34.5 Å². The van der Waals surface area contributed by atoms with Crippen LogP contribution in [0.25, 0.3) is 27.0 Å². The molecule has 6 rings (SSSR count). The Bertz CT molecular complexity index is 1450. The highest BCUT2D eigenvalue weighted by Gasteiger charge is 2.42. The van der Waals surface area contributed by atoms with Crippen molar-refractivity contribution in [1.29, 1.82) is 0 Å². The number of fused-ring (bicyclic) bond motifs is 1. The Kier molecular flexibility index (Phi) is 5.66. The molecule has 0 atom stereocenters. The maximum Gasteiger partial charge on any atom is 0.186 e. The van der Waals surface area contributed by atoms with Crippen LogP contribution in [0.3, 0.4) is 0 Å². The minimum Gasteiger partial charge on any atom is -0.360 e. The molecular formula is C27H24Cl2FN3OS. The van der Waals surface area contributed by atoms with Crippen molar-refractivity contribution < 1.29 is 8.91 Å². The van der Waals surface area contributed by atoms with Crippen LogP contribution in [0.2, 0.25) is 10.0 Å². The van der Waals surface area contributed by atoms with Crippen LogP contribution in [0, 0.1) is 11.2 Å². The first kappa shape index (κ1) is 23.0. The smallest absolute Gasteiger partial charge is 0.186 e. The van der Waals surface area contributed by atoms with Gasteiger partial charge in [-0.3, -0.25) is 0 Å². The first-order valence-electron chi connectivity index (χ1n) is 11.8. The summed E-state index contributed by atoms with van der Waals surface area (Å²) < 4.78 is 20.8. The fourth-order valence-electron chi connectivity index (χ4n) is 5.29. The number of hydrogen-bond acceptors (Lipinski definition) is 5. The van der Waals surface area contributed by atoms with Gasteiger partial charge in [-0.1, -0.05) is 71.8 Å². The van der Waals surface area contributed by atoms with Gasteiger partial charge in [-0.2, -0.15) is 0 Å². The van der Waals surface area contributed by atoms with Gasteiger partial charge in [0, 0.05) is 30.1 Å². The van der Waals surface area contributed by atoms with Gasteiger partial charge in [0.25, 0.3) is 0 Å². The Hall–Kier alpha value is -2.41. The highest BCUT2D eigenvalue weighted by molar-refractivity contribution is 7.22. The third-order valence-corrected chi connectivity index (χ3v) is 8.89. The fraction of sp³-hybridized carbons (Fsp3) is 0.333. The molecule has 2 aromatic heterocycles. The highest BCUT2D eigenvalue weighted by Crippen LogP contribution is 2.54. The quantitative estimate of drug-likeness (QED) is 0.266. The topological polar surface area (TPSA) is 42.2 Å². The number of thiazole rings is 1. The van der Waals surface area contributed by atoms with Gasteiger partial charge < -0.3 is 9.42 Å². The first-order valence-corrected chi connectivity index (χ1v) is 13.4. The molecular weight excluding hydrogens is 504 g/mol. The molecule has 2 aliphatic rings. The van der Waals surface area contributed by atoms with E-state index in [1.54, 1.807) is 17.4 Å². The predicted octanol–water partition coefficient (Wildman–Crippen LogP) is 8.59. The molecule has 180 valence electrons. The Morgan fingerprint density at radius 3 is 2.40 bits per heavy atom. The van der Waals surface area contributed by atoms with Gasteiger partial charge in [-0.05, 0) is 54.5 Å². The van der Waals surface area contributed by atoms with Crippen molar-refractivity contribution in [3.63, 3.8) is 0 Å². The molecule has 2 aromatic carbocycles. The lowest BCUT2D eigenvalue weighted by atomic mass is 9.63. The van der Waals surface area contributed by atoms with Crippen LogP contribution in [0.15, 0.2) is 47.0 Å². The van der Waals surface area contributed by atoms with E-state index in [0.29, 0.717) is 15.6 Å². The SMILES string of the molecule is CC(C)c1onc(-c2c(Cl)cccc2Cl)c1C1=CC2(CCN(c3nc4c(F)cccc4s3)CC2)C1. The summed E-state index contributed by atoms with van der Waals surface area (Å²) in [6, 6.07) is 10.6. The van der Waals surface area contributed by atoms with Crippen molar-refractivity contribution in [2.45, 2.75) is 39.0 Å². The number of nitrogens with zero attached hydrogens (tertiary/aromatic N) is 3. The lowest BCUT2D eigenvalue weighted by Crippen LogP contribution is -2.42. The van der Waals surface area contributed by atoms with Crippen LogP contribution in [-0.2, 0) is 0 Å². The molecule has 0 radical (unpaired) electrons. The van der Waals surface area contributed by atoms with Crippen molar-refractivity contribution in [1.82, 2.24) is 10.1 Å². The Morgan fingerprint density at radius 2 is 1.74 bits per heavy atom. The zero-order valence-corrected chi connectivity index (χ0v) is 21.8. The van der Waals surface area contributed by atoms with Crippen LogP contribution in [0.5, 0.6) is 0 Å². The standard InChI is InChI=1S/C27H24Cl2FN3OS/c1-15(2)25-21(24(32-34-25)22-17(28)5-3-6-18(22)29)16-13-27(14-16)9-11-33(12-10-27)26-31-23-19(30)7-4-8-20(23)35-26/h3-8,13,15H,9-12,14H2,1-2H3. The molecule has 3 heterocycles. The number of benzene rings is 2. The monoisotopic (exact) mass is 527 g/mol. The number of piperidine rings is 1.